The van der Waals surface area contributed by atoms with E-state index in [9.17, 15) is 9.59 Å². The average molecular weight is 400 g/mol. The third-order valence-corrected chi connectivity index (χ3v) is 4.32. The highest BCUT2D eigenvalue weighted by Crippen LogP contribution is 2.38. The number of esters is 1. The van der Waals surface area contributed by atoms with E-state index in [1.54, 1.807) is 18.2 Å². The Morgan fingerprint density at radius 2 is 1.55 bits per heavy atom. The Bertz CT molecular complexity index is 1030. The Hall–Kier alpha value is -3.68. The van der Waals surface area contributed by atoms with Crippen molar-refractivity contribution in [2.45, 2.75) is 0 Å². The highest BCUT2D eigenvalue weighted by Gasteiger charge is 2.21. The number of para-hydroxylation sites is 1. The van der Waals surface area contributed by atoms with E-state index < -0.39 is 18.4 Å². The van der Waals surface area contributed by atoms with E-state index in [2.05, 4.69) is 0 Å². The molecule has 0 amide bonds. The zero-order valence-electron chi connectivity index (χ0n) is 16.4. The number of rotatable bonds is 8. The molecule has 0 saturated heterocycles. The lowest BCUT2D eigenvalue weighted by Crippen LogP contribution is -2.14. The summed E-state index contributed by atoms with van der Waals surface area (Å²) in [5, 5.41) is 0.537. The summed E-state index contributed by atoms with van der Waals surface area (Å²) in [4.78, 5) is 25.0. The summed E-state index contributed by atoms with van der Waals surface area (Å²) in [6.07, 6.45) is 1.28. The average Bonchev–Trinajstić information content (AvgIpc) is 3.20. The van der Waals surface area contributed by atoms with E-state index in [-0.39, 0.29) is 11.1 Å². The van der Waals surface area contributed by atoms with Crippen LogP contribution in [0.4, 0.5) is 0 Å². The number of furan rings is 1. The molecular formula is C21H20O8. The molecule has 152 valence electrons. The van der Waals surface area contributed by atoms with Crippen molar-refractivity contribution in [2.24, 2.45) is 0 Å². The van der Waals surface area contributed by atoms with Crippen LogP contribution in [0.15, 0.2) is 41.0 Å². The molecule has 0 radical (unpaired) electrons. The molecule has 0 aliphatic carbocycles. The van der Waals surface area contributed by atoms with Gasteiger partial charge in [0.1, 0.15) is 11.8 Å². The van der Waals surface area contributed by atoms with E-state index in [4.69, 9.17) is 28.1 Å². The van der Waals surface area contributed by atoms with Crippen molar-refractivity contribution in [3.63, 3.8) is 0 Å². The van der Waals surface area contributed by atoms with Crippen molar-refractivity contribution in [3.05, 3.63) is 47.7 Å². The highest BCUT2D eigenvalue weighted by atomic mass is 16.5. The van der Waals surface area contributed by atoms with E-state index in [0.717, 1.165) is 0 Å². The number of carbonyl (C=O) groups is 2. The molecule has 3 rings (SSSR count). The summed E-state index contributed by atoms with van der Waals surface area (Å²) in [5.41, 5.74) is 0.889. The van der Waals surface area contributed by atoms with E-state index >= 15 is 0 Å². The van der Waals surface area contributed by atoms with E-state index in [0.29, 0.717) is 34.0 Å². The Morgan fingerprint density at radius 1 is 0.897 bits per heavy atom. The minimum absolute atomic E-state index is 0.205. The van der Waals surface area contributed by atoms with Crippen molar-refractivity contribution >= 4 is 22.7 Å². The second-order valence-electron chi connectivity index (χ2n) is 5.90. The van der Waals surface area contributed by atoms with Crippen LogP contribution in [0.5, 0.6) is 23.0 Å². The molecule has 0 atom stereocenters. The standard InChI is InChI=1S/C21H20O8/c1-24-16-7-5-6-13-14(10-28-19(13)16)21(23)29-11-15(22)12-8-17(25-2)20(27-4)18(9-12)26-3/h5-10H,11H2,1-4H3. The molecule has 0 unspecified atom stereocenters. The van der Waals surface area contributed by atoms with Gasteiger partial charge in [0, 0.05) is 10.9 Å². The molecule has 0 spiro atoms. The van der Waals surface area contributed by atoms with Crippen molar-refractivity contribution in [2.75, 3.05) is 35.0 Å². The van der Waals surface area contributed by atoms with E-state index in [1.165, 1.54) is 46.8 Å². The Balaban J connectivity index is 1.78. The van der Waals surface area contributed by atoms with Crippen molar-refractivity contribution in [1.29, 1.82) is 0 Å². The van der Waals surface area contributed by atoms with Gasteiger partial charge in [0.25, 0.3) is 0 Å². The maximum absolute atomic E-state index is 12.5. The summed E-state index contributed by atoms with van der Waals surface area (Å²) in [7, 11) is 5.87. The molecule has 29 heavy (non-hydrogen) atoms. The van der Waals surface area contributed by atoms with Crippen LogP contribution in [-0.4, -0.2) is 46.8 Å². The first-order valence-electron chi connectivity index (χ1n) is 8.58. The van der Waals surface area contributed by atoms with Crippen LogP contribution in [0.1, 0.15) is 20.7 Å². The third-order valence-electron chi connectivity index (χ3n) is 4.32. The first-order chi connectivity index (χ1) is 14.0. The normalized spacial score (nSPS) is 10.5. The van der Waals surface area contributed by atoms with Crippen LogP contribution in [0.2, 0.25) is 0 Å². The quantitative estimate of drug-likeness (QED) is 0.419. The first-order valence-corrected chi connectivity index (χ1v) is 8.58. The van der Waals surface area contributed by atoms with Crippen LogP contribution in [-0.2, 0) is 4.74 Å². The predicted octanol–water partition coefficient (Wildman–Crippen LogP) is 3.51. The van der Waals surface area contributed by atoms with Crippen LogP contribution >= 0.6 is 0 Å². The monoisotopic (exact) mass is 400 g/mol. The van der Waals surface area contributed by atoms with Crippen molar-refractivity contribution < 1.29 is 37.7 Å². The summed E-state index contributed by atoms with van der Waals surface area (Å²) in [5.74, 6) is 0.405. The fourth-order valence-electron chi connectivity index (χ4n) is 2.88. The Kier molecular flexibility index (Phi) is 5.92. The van der Waals surface area contributed by atoms with Crippen LogP contribution in [0, 0.1) is 0 Å². The maximum Gasteiger partial charge on any atom is 0.342 e. The summed E-state index contributed by atoms with van der Waals surface area (Å²) >= 11 is 0. The molecule has 1 aromatic heterocycles. The van der Waals surface area contributed by atoms with Crippen molar-refractivity contribution in [1.82, 2.24) is 0 Å². The van der Waals surface area contributed by atoms with Crippen molar-refractivity contribution in [3.8, 4) is 23.0 Å². The fraction of sp³-hybridized carbons (Fsp3) is 0.238. The summed E-state index contributed by atoms with van der Waals surface area (Å²) < 4.78 is 31.5. The first kappa shape index (κ1) is 20.1. The van der Waals surface area contributed by atoms with Crippen LogP contribution in [0.25, 0.3) is 11.0 Å². The molecule has 8 nitrogen and oxygen atoms in total. The molecule has 0 fully saturated rings. The summed E-state index contributed by atoms with van der Waals surface area (Å²) in [6, 6.07) is 8.15. The lowest BCUT2D eigenvalue weighted by Gasteiger charge is -2.13. The molecule has 0 aliphatic rings. The predicted molar refractivity (Wildman–Crippen MR) is 103 cm³/mol. The number of methoxy groups -OCH3 is 4. The number of ketones is 1. The number of hydrogen-bond donors (Lipinski definition) is 0. The van der Waals surface area contributed by atoms with Gasteiger partial charge < -0.3 is 28.1 Å². The van der Waals surface area contributed by atoms with Gasteiger partial charge in [-0.2, -0.15) is 0 Å². The van der Waals surface area contributed by atoms with Crippen LogP contribution < -0.4 is 18.9 Å². The number of hydrogen-bond acceptors (Lipinski definition) is 8. The van der Waals surface area contributed by atoms with Gasteiger partial charge in [0.2, 0.25) is 11.5 Å². The van der Waals surface area contributed by atoms with E-state index in [1.807, 2.05) is 0 Å². The topological polar surface area (TPSA) is 93.4 Å². The molecule has 3 aromatic rings. The molecule has 8 heteroatoms. The molecule has 0 bridgehead atoms. The zero-order chi connectivity index (χ0) is 21.0. The Morgan fingerprint density at radius 3 is 2.14 bits per heavy atom. The number of carbonyl (C=O) groups excluding carboxylic acids is 2. The SMILES string of the molecule is COc1cc(C(=O)COC(=O)c2coc3c(OC)cccc23)cc(OC)c1OC. The number of benzene rings is 2. The molecule has 0 saturated carbocycles. The number of fused-ring (bicyclic) bond motifs is 1. The van der Waals surface area contributed by atoms with Gasteiger partial charge >= 0.3 is 5.97 Å². The van der Waals surface area contributed by atoms with Gasteiger partial charge in [-0.1, -0.05) is 6.07 Å². The van der Waals surface area contributed by atoms with Gasteiger partial charge in [-0.25, -0.2) is 4.79 Å². The molecular weight excluding hydrogens is 380 g/mol. The molecule has 0 aliphatic heterocycles. The second-order valence-corrected chi connectivity index (χ2v) is 5.90. The summed E-state index contributed by atoms with van der Waals surface area (Å²) in [6.45, 7) is -0.464. The minimum Gasteiger partial charge on any atom is -0.493 e. The molecule has 2 aromatic carbocycles. The van der Waals surface area contributed by atoms with Gasteiger partial charge in [-0.15, -0.1) is 0 Å². The van der Waals surface area contributed by atoms with Crippen LogP contribution in [0.3, 0.4) is 0 Å². The molecule has 0 N–H and O–H groups in total. The minimum atomic E-state index is -0.683. The molecule has 1 heterocycles. The number of Topliss-reactive ketones (excluding diaryl/α,β-unsaturated/α-hetero) is 1. The lowest BCUT2D eigenvalue weighted by atomic mass is 10.1. The van der Waals surface area contributed by atoms with Gasteiger partial charge in [-0.3, -0.25) is 4.79 Å². The van der Waals surface area contributed by atoms with Gasteiger partial charge in [0.05, 0.1) is 28.4 Å². The largest absolute Gasteiger partial charge is 0.493 e. The smallest absolute Gasteiger partial charge is 0.342 e. The lowest BCUT2D eigenvalue weighted by molar-refractivity contribution is 0.0475. The van der Waals surface area contributed by atoms with Gasteiger partial charge in [0.15, 0.2) is 29.4 Å². The highest BCUT2D eigenvalue weighted by molar-refractivity contribution is 6.06. The fourth-order valence-corrected chi connectivity index (χ4v) is 2.88. The third kappa shape index (κ3) is 3.82. The second kappa shape index (κ2) is 8.55. The van der Waals surface area contributed by atoms with Gasteiger partial charge in [-0.05, 0) is 24.3 Å². The number of ether oxygens (including phenoxy) is 5. The maximum atomic E-state index is 12.5. The Labute approximate surface area is 166 Å². The zero-order valence-corrected chi connectivity index (χ0v) is 16.4.